The largest absolute Gasteiger partial charge is 0.508 e. The zero-order chi connectivity index (χ0) is 24.3. The predicted octanol–water partition coefficient (Wildman–Crippen LogP) is 7.16. The first-order valence-corrected chi connectivity index (χ1v) is 14.5. The van der Waals surface area contributed by atoms with Gasteiger partial charge in [0.15, 0.2) is 0 Å². The van der Waals surface area contributed by atoms with Crippen LogP contribution in [0.1, 0.15) is 80.9 Å². The highest BCUT2D eigenvalue weighted by Gasteiger charge is 2.53. The summed E-state index contributed by atoms with van der Waals surface area (Å²) in [6, 6.07) is 15.5. The van der Waals surface area contributed by atoms with Crippen molar-refractivity contribution in [2.75, 3.05) is 18.0 Å². The zero-order valence-corrected chi connectivity index (χ0v) is 21.4. The second-order valence-corrected chi connectivity index (χ2v) is 12.8. The Morgan fingerprint density at radius 1 is 0.861 bits per heavy atom. The Bertz CT molecular complexity index is 1150. The van der Waals surface area contributed by atoms with Crippen LogP contribution >= 0.6 is 0 Å². The van der Waals surface area contributed by atoms with Gasteiger partial charge in [0, 0.05) is 24.7 Å². The van der Waals surface area contributed by atoms with Gasteiger partial charge in [-0.1, -0.05) is 23.8 Å². The molecule has 0 unspecified atom stereocenters. The van der Waals surface area contributed by atoms with Crippen molar-refractivity contribution in [1.82, 2.24) is 0 Å². The number of benzene rings is 2. The number of phenols is 1. The lowest BCUT2D eigenvalue weighted by molar-refractivity contribution is -0.111. The van der Waals surface area contributed by atoms with Gasteiger partial charge in [0.05, 0.1) is 0 Å². The molecule has 0 amide bonds. The average Bonchev–Trinajstić information content (AvgIpc) is 3.08. The summed E-state index contributed by atoms with van der Waals surface area (Å²) in [5, 5.41) is 10.3. The minimum absolute atomic E-state index is 0.229. The molecule has 3 nitrogen and oxygen atoms in total. The summed E-state index contributed by atoms with van der Waals surface area (Å²) in [5.74, 6) is 3.42. The second-order valence-electron chi connectivity index (χ2n) is 12.8. The number of allylic oxidation sites excluding steroid dienone is 1. The molecule has 0 atom stereocenters. The number of phenolic OH excluding ortho intramolecular Hbond substituents is 1. The number of aryl methyl sites for hydroxylation is 1. The normalized spacial score (nSPS) is 31.9. The topological polar surface area (TPSA) is 40.5 Å². The zero-order valence-electron chi connectivity index (χ0n) is 21.4. The molecule has 0 spiro atoms. The molecule has 1 saturated heterocycles. The van der Waals surface area contributed by atoms with Crippen molar-refractivity contribution in [3.05, 3.63) is 64.7 Å². The molecule has 8 rings (SSSR count). The van der Waals surface area contributed by atoms with E-state index in [1.54, 1.807) is 5.57 Å². The van der Waals surface area contributed by atoms with Crippen LogP contribution in [0.2, 0.25) is 0 Å². The lowest BCUT2D eigenvalue weighted by Crippen LogP contribution is -2.47. The van der Waals surface area contributed by atoms with Gasteiger partial charge in [-0.15, -0.1) is 0 Å². The van der Waals surface area contributed by atoms with Crippen LogP contribution < -0.4 is 4.90 Å². The first kappa shape index (κ1) is 22.6. The fraction of sp³-hybridized carbons (Fsp3) is 0.545. The number of aromatic hydroxyl groups is 1. The van der Waals surface area contributed by atoms with E-state index in [0.29, 0.717) is 11.2 Å². The molecule has 2 aromatic rings. The summed E-state index contributed by atoms with van der Waals surface area (Å²) in [7, 11) is 0. The van der Waals surface area contributed by atoms with E-state index in [2.05, 4.69) is 35.2 Å². The van der Waals surface area contributed by atoms with Crippen LogP contribution in [0.15, 0.2) is 48.0 Å². The standard InChI is InChI=1S/C33H39NO2/c35-21-22-10-12-34(13-11-22)28-6-4-26(5-7-28)32-30-9-8-29(36)17-27(30)2-1-3-31(32)33-18-23-14-24(19-33)16-25(15-23)20-33/h4-9,17,21-25,36H,1-3,10-16,18-20H2. The molecule has 36 heavy (non-hydrogen) atoms. The van der Waals surface area contributed by atoms with Crippen molar-refractivity contribution in [2.24, 2.45) is 29.1 Å². The first-order chi connectivity index (χ1) is 17.6. The SMILES string of the molecule is O=CC1CCN(c2ccc(C3=C(C45CC6CC(CC(C6)C4)C5)CCCc4cc(O)ccc43)cc2)CC1. The summed E-state index contributed by atoms with van der Waals surface area (Å²) < 4.78 is 0. The minimum atomic E-state index is 0.229. The number of carbonyl (C=O) groups is 1. The number of nitrogens with zero attached hydrogens (tertiary/aromatic N) is 1. The summed E-state index contributed by atoms with van der Waals surface area (Å²) in [6.07, 6.45) is 15.1. The number of carbonyl (C=O) groups excluding carboxylic acids is 1. The van der Waals surface area contributed by atoms with Crippen LogP contribution in [0.5, 0.6) is 5.75 Å². The van der Waals surface area contributed by atoms with Crippen LogP contribution in [0.3, 0.4) is 0 Å². The highest BCUT2D eigenvalue weighted by molar-refractivity contribution is 5.85. The summed E-state index contributed by atoms with van der Waals surface area (Å²) in [4.78, 5) is 13.6. The Kier molecular flexibility index (Phi) is 5.52. The van der Waals surface area contributed by atoms with Gasteiger partial charge in [-0.2, -0.15) is 0 Å². The quantitative estimate of drug-likeness (QED) is 0.471. The third kappa shape index (κ3) is 3.81. The molecule has 4 bridgehead atoms. The molecular formula is C33H39NO2. The van der Waals surface area contributed by atoms with Crippen LogP contribution in [0.4, 0.5) is 5.69 Å². The lowest BCUT2D eigenvalue weighted by atomic mass is 9.47. The molecule has 5 aliphatic carbocycles. The number of fused-ring (bicyclic) bond motifs is 1. The molecule has 0 aromatic heterocycles. The highest BCUT2D eigenvalue weighted by atomic mass is 16.3. The van der Waals surface area contributed by atoms with Crippen molar-refractivity contribution in [2.45, 2.75) is 70.6 Å². The molecule has 1 N–H and O–H groups in total. The van der Waals surface area contributed by atoms with Gasteiger partial charge in [-0.3, -0.25) is 0 Å². The van der Waals surface area contributed by atoms with E-state index < -0.39 is 0 Å². The van der Waals surface area contributed by atoms with E-state index in [9.17, 15) is 9.90 Å². The molecule has 188 valence electrons. The number of anilines is 1. The number of rotatable bonds is 4. The lowest BCUT2D eigenvalue weighted by Gasteiger charge is -2.58. The van der Waals surface area contributed by atoms with Gasteiger partial charge in [0.1, 0.15) is 12.0 Å². The van der Waals surface area contributed by atoms with Crippen LogP contribution in [0.25, 0.3) is 5.57 Å². The molecule has 3 heteroatoms. The van der Waals surface area contributed by atoms with Crippen molar-refractivity contribution in [3.8, 4) is 5.75 Å². The number of hydrogen-bond acceptors (Lipinski definition) is 3. The van der Waals surface area contributed by atoms with E-state index >= 15 is 0 Å². The maximum absolute atomic E-state index is 11.2. The third-order valence-electron chi connectivity index (χ3n) is 10.5. The Balaban J connectivity index is 1.31. The monoisotopic (exact) mass is 481 g/mol. The minimum Gasteiger partial charge on any atom is -0.508 e. The summed E-state index contributed by atoms with van der Waals surface area (Å²) in [5.41, 5.74) is 8.90. The van der Waals surface area contributed by atoms with E-state index in [-0.39, 0.29) is 5.92 Å². The van der Waals surface area contributed by atoms with Gasteiger partial charge in [0.2, 0.25) is 0 Å². The molecule has 4 saturated carbocycles. The maximum Gasteiger partial charge on any atom is 0.123 e. The van der Waals surface area contributed by atoms with Crippen molar-refractivity contribution < 1.29 is 9.90 Å². The van der Waals surface area contributed by atoms with Crippen LogP contribution in [-0.2, 0) is 11.2 Å². The van der Waals surface area contributed by atoms with E-state index in [1.165, 1.54) is 79.3 Å². The maximum atomic E-state index is 11.2. The first-order valence-electron chi connectivity index (χ1n) is 14.5. The number of aldehydes is 1. The molecule has 5 fully saturated rings. The molecular weight excluding hydrogens is 442 g/mol. The van der Waals surface area contributed by atoms with Crippen LogP contribution in [-0.4, -0.2) is 24.5 Å². The van der Waals surface area contributed by atoms with Gasteiger partial charge in [-0.05, 0) is 140 Å². The van der Waals surface area contributed by atoms with Gasteiger partial charge < -0.3 is 14.8 Å². The van der Waals surface area contributed by atoms with E-state index in [4.69, 9.17) is 0 Å². The Labute approximate surface area is 215 Å². The highest BCUT2D eigenvalue weighted by Crippen LogP contribution is 2.65. The van der Waals surface area contributed by atoms with Crippen molar-refractivity contribution in [1.29, 1.82) is 0 Å². The Hall–Kier alpha value is -2.55. The third-order valence-corrected chi connectivity index (χ3v) is 10.5. The van der Waals surface area contributed by atoms with Crippen molar-refractivity contribution in [3.63, 3.8) is 0 Å². The molecule has 0 radical (unpaired) electrons. The molecule has 1 heterocycles. The van der Waals surface area contributed by atoms with Gasteiger partial charge in [0.25, 0.3) is 0 Å². The van der Waals surface area contributed by atoms with E-state index in [1.807, 2.05) is 12.1 Å². The Morgan fingerprint density at radius 2 is 1.53 bits per heavy atom. The predicted molar refractivity (Wildman–Crippen MR) is 145 cm³/mol. The second kappa shape index (κ2) is 8.78. The fourth-order valence-electron chi connectivity index (χ4n) is 9.25. The smallest absolute Gasteiger partial charge is 0.123 e. The molecule has 6 aliphatic rings. The van der Waals surface area contributed by atoms with E-state index in [0.717, 1.165) is 56.4 Å². The summed E-state index contributed by atoms with van der Waals surface area (Å²) in [6.45, 7) is 1.93. The Morgan fingerprint density at radius 3 is 2.17 bits per heavy atom. The van der Waals surface area contributed by atoms with Crippen molar-refractivity contribution >= 4 is 17.5 Å². The molecule has 2 aromatic carbocycles. The number of piperidine rings is 1. The fourth-order valence-corrected chi connectivity index (χ4v) is 9.25. The molecule has 1 aliphatic heterocycles. The van der Waals surface area contributed by atoms with Gasteiger partial charge in [-0.25, -0.2) is 0 Å². The number of hydrogen-bond donors (Lipinski definition) is 1. The van der Waals surface area contributed by atoms with Gasteiger partial charge >= 0.3 is 0 Å². The van der Waals surface area contributed by atoms with Crippen LogP contribution in [0, 0.1) is 29.1 Å². The summed E-state index contributed by atoms with van der Waals surface area (Å²) >= 11 is 0. The average molecular weight is 482 g/mol.